The van der Waals surface area contributed by atoms with E-state index in [1.54, 1.807) is 6.92 Å². The highest BCUT2D eigenvalue weighted by molar-refractivity contribution is 6.32. The first-order valence-electron chi connectivity index (χ1n) is 5.06. The number of amides is 1. The largest absolute Gasteiger partial charge is 0.462 e. The van der Waals surface area contributed by atoms with E-state index in [9.17, 15) is 14.7 Å². The SMILES string of the molecule is COC(=O)C(=O)N1CCCC(C)(O)CC1. The standard InChI is InChI=1S/C10H17NO4/c1-10(14)4-3-6-11(7-5-10)8(12)9(13)15-2/h14H,3-7H2,1-2H3. The number of likely N-dealkylation sites (tertiary alicyclic amines) is 1. The van der Waals surface area contributed by atoms with E-state index >= 15 is 0 Å². The van der Waals surface area contributed by atoms with Crippen molar-refractivity contribution in [3.8, 4) is 0 Å². The molecule has 0 aromatic heterocycles. The van der Waals surface area contributed by atoms with Gasteiger partial charge in [0.1, 0.15) is 0 Å². The summed E-state index contributed by atoms with van der Waals surface area (Å²) in [5.41, 5.74) is -0.731. The second kappa shape index (κ2) is 4.61. The minimum Gasteiger partial charge on any atom is -0.462 e. The molecule has 5 heteroatoms. The third-order valence-electron chi connectivity index (χ3n) is 2.71. The third-order valence-corrected chi connectivity index (χ3v) is 2.71. The van der Waals surface area contributed by atoms with E-state index in [2.05, 4.69) is 4.74 Å². The Hall–Kier alpha value is -1.10. The summed E-state index contributed by atoms with van der Waals surface area (Å²) in [6.07, 6.45) is 1.85. The molecule has 0 bridgehead atoms. The molecule has 1 rings (SSSR count). The van der Waals surface area contributed by atoms with Crippen molar-refractivity contribution < 1.29 is 19.4 Å². The van der Waals surface area contributed by atoms with Crippen molar-refractivity contribution in [2.24, 2.45) is 0 Å². The van der Waals surface area contributed by atoms with Crippen molar-refractivity contribution in [2.45, 2.75) is 31.8 Å². The van der Waals surface area contributed by atoms with E-state index < -0.39 is 17.5 Å². The van der Waals surface area contributed by atoms with E-state index in [-0.39, 0.29) is 0 Å². The fourth-order valence-electron chi connectivity index (χ4n) is 1.68. The van der Waals surface area contributed by atoms with E-state index in [1.807, 2.05) is 0 Å². The second-order valence-electron chi connectivity index (χ2n) is 4.13. The zero-order valence-corrected chi connectivity index (χ0v) is 9.15. The summed E-state index contributed by atoms with van der Waals surface area (Å²) in [4.78, 5) is 23.9. The van der Waals surface area contributed by atoms with Crippen LogP contribution in [0.15, 0.2) is 0 Å². The molecule has 1 aliphatic heterocycles. The number of hydrogen-bond acceptors (Lipinski definition) is 4. The van der Waals surface area contributed by atoms with Gasteiger partial charge >= 0.3 is 11.9 Å². The van der Waals surface area contributed by atoms with E-state index in [4.69, 9.17) is 0 Å². The number of methoxy groups -OCH3 is 1. The third kappa shape index (κ3) is 3.20. The second-order valence-corrected chi connectivity index (χ2v) is 4.13. The molecule has 1 aliphatic rings. The van der Waals surface area contributed by atoms with Crippen LogP contribution in [0.1, 0.15) is 26.2 Å². The van der Waals surface area contributed by atoms with Gasteiger partial charge in [0.2, 0.25) is 0 Å². The van der Waals surface area contributed by atoms with Gasteiger partial charge < -0.3 is 14.7 Å². The molecule has 1 amide bonds. The van der Waals surface area contributed by atoms with Gasteiger partial charge in [-0.15, -0.1) is 0 Å². The fraction of sp³-hybridized carbons (Fsp3) is 0.800. The minimum atomic E-state index is -0.837. The number of aliphatic hydroxyl groups is 1. The number of hydrogen-bond donors (Lipinski definition) is 1. The lowest BCUT2D eigenvalue weighted by atomic mass is 9.98. The van der Waals surface area contributed by atoms with Crippen LogP contribution in [0.2, 0.25) is 0 Å². The topological polar surface area (TPSA) is 66.8 Å². The molecule has 1 atom stereocenters. The summed E-state index contributed by atoms with van der Waals surface area (Å²) in [6.45, 7) is 2.66. The molecule has 0 spiro atoms. The van der Waals surface area contributed by atoms with Gasteiger partial charge in [-0.1, -0.05) is 0 Å². The number of esters is 1. The van der Waals surface area contributed by atoms with Crippen LogP contribution in [0.25, 0.3) is 0 Å². The van der Waals surface area contributed by atoms with Crippen molar-refractivity contribution in [3.63, 3.8) is 0 Å². The van der Waals surface area contributed by atoms with Crippen LogP contribution < -0.4 is 0 Å². The molecular weight excluding hydrogens is 198 g/mol. The summed E-state index contributed by atoms with van der Waals surface area (Å²) < 4.78 is 4.37. The molecule has 15 heavy (non-hydrogen) atoms. The van der Waals surface area contributed by atoms with Crippen molar-refractivity contribution in [3.05, 3.63) is 0 Å². The van der Waals surface area contributed by atoms with Crippen LogP contribution in [0.4, 0.5) is 0 Å². The summed E-state index contributed by atoms with van der Waals surface area (Å²) in [5, 5.41) is 9.80. The Morgan fingerprint density at radius 2 is 2.00 bits per heavy atom. The smallest absolute Gasteiger partial charge is 0.396 e. The molecule has 1 saturated heterocycles. The predicted molar refractivity (Wildman–Crippen MR) is 53.1 cm³/mol. The van der Waals surface area contributed by atoms with Gasteiger partial charge in [0, 0.05) is 13.1 Å². The van der Waals surface area contributed by atoms with Crippen LogP contribution in [0, 0.1) is 0 Å². The van der Waals surface area contributed by atoms with Gasteiger partial charge in [-0.3, -0.25) is 4.79 Å². The number of carbonyl (C=O) groups is 2. The Morgan fingerprint density at radius 3 is 2.60 bits per heavy atom. The lowest BCUT2D eigenvalue weighted by molar-refractivity contribution is -0.158. The van der Waals surface area contributed by atoms with Gasteiger partial charge in [0.05, 0.1) is 12.7 Å². The van der Waals surface area contributed by atoms with E-state index in [0.717, 1.165) is 0 Å². The van der Waals surface area contributed by atoms with Crippen molar-refractivity contribution >= 4 is 11.9 Å². The molecule has 1 N–H and O–H groups in total. The van der Waals surface area contributed by atoms with Crippen LogP contribution >= 0.6 is 0 Å². The van der Waals surface area contributed by atoms with Crippen LogP contribution in [0.3, 0.4) is 0 Å². The number of rotatable bonds is 0. The first-order valence-corrected chi connectivity index (χ1v) is 5.06. The lowest BCUT2D eigenvalue weighted by Gasteiger charge is -2.21. The van der Waals surface area contributed by atoms with Crippen LogP contribution in [-0.2, 0) is 14.3 Å². The maximum absolute atomic E-state index is 11.5. The highest BCUT2D eigenvalue weighted by Crippen LogP contribution is 2.21. The maximum Gasteiger partial charge on any atom is 0.396 e. The zero-order chi connectivity index (χ0) is 11.5. The molecule has 0 aromatic carbocycles. The maximum atomic E-state index is 11.5. The number of nitrogens with zero attached hydrogens (tertiary/aromatic N) is 1. The number of carbonyl (C=O) groups excluding carboxylic acids is 2. The average molecular weight is 215 g/mol. The Balaban J connectivity index is 2.58. The van der Waals surface area contributed by atoms with Gasteiger partial charge in [-0.05, 0) is 26.2 Å². The Morgan fingerprint density at radius 1 is 1.33 bits per heavy atom. The summed E-state index contributed by atoms with van der Waals surface area (Å²) >= 11 is 0. The lowest BCUT2D eigenvalue weighted by Crippen LogP contribution is -2.38. The predicted octanol–water partition coefficient (Wildman–Crippen LogP) is -0.0771. The molecule has 0 aliphatic carbocycles. The zero-order valence-electron chi connectivity index (χ0n) is 9.15. The fourth-order valence-corrected chi connectivity index (χ4v) is 1.68. The van der Waals surface area contributed by atoms with Crippen molar-refractivity contribution in [2.75, 3.05) is 20.2 Å². The monoisotopic (exact) mass is 215 g/mol. The minimum absolute atomic E-state index is 0.404. The summed E-state index contributed by atoms with van der Waals surface area (Å²) in [5.74, 6) is -1.45. The molecule has 0 aromatic rings. The Kier molecular flexibility index (Phi) is 3.68. The molecule has 86 valence electrons. The molecule has 5 nitrogen and oxygen atoms in total. The molecule has 1 fully saturated rings. The number of ether oxygens (including phenoxy) is 1. The van der Waals surface area contributed by atoms with Crippen LogP contribution in [0.5, 0.6) is 0 Å². The summed E-state index contributed by atoms with van der Waals surface area (Å²) in [6, 6.07) is 0. The molecule has 0 saturated carbocycles. The highest BCUT2D eigenvalue weighted by Gasteiger charge is 2.29. The molecule has 1 unspecified atom stereocenters. The quantitative estimate of drug-likeness (QED) is 0.453. The molecule has 1 heterocycles. The van der Waals surface area contributed by atoms with E-state index in [1.165, 1.54) is 12.0 Å². The Bertz CT molecular complexity index is 262. The first kappa shape index (κ1) is 12.0. The van der Waals surface area contributed by atoms with Crippen molar-refractivity contribution in [1.29, 1.82) is 0 Å². The van der Waals surface area contributed by atoms with Crippen LogP contribution in [-0.4, -0.2) is 47.7 Å². The van der Waals surface area contributed by atoms with E-state index in [0.29, 0.717) is 32.4 Å². The van der Waals surface area contributed by atoms with Gasteiger partial charge in [0.25, 0.3) is 0 Å². The highest BCUT2D eigenvalue weighted by atomic mass is 16.5. The van der Waals surface area contributed by atoms with Gasteiger partial charge in [0.15, 0.2) is 0 Å². The average Bonchev–Trinajstić information content (AvgIpc) is 2.37. The van der Waals surface area contributed by atoms with Crippen molar-refractivity contribution in [1.82, 2.24) is 4.90 Å². The molecular formula is C10H17NO4. The van der Waals surface area contributed by atoms with Gasteiger partial charge in [-0.2, -0.15) is 0 Å². The molecule has 0 radical (unpaired) electrons. The van der Waals surface area contributed by atoms with Gasteiger partial charge in [-0.25, -0.2) is 4.79 Å². The summed E-state index contributed by atoms with van der Waals surface area (Å²) in [7, 11) is 1.19. The Labute approximate surface area is 89.0 Å². The normalized spacial score (nSPS) is 27.0. The first-order chi connectivity index (χ1) is 6.96.